The van der Waals surface area contributed by atoms with Crippen molar-refractivity contribution in [2.45, 2.75) is 20.0 Å². The van der Waals surface area contributed by atoms with Crippen LogP contribution in [0.1, 0.15) is 24.2 Å². The van der Waals surface area contributed by atoms with Crippen LogP contribution in [0.4, 0.5) is 0 Å². The maximum absolute atomic E-state index is 12.7. The van der Waals surface area contributed by atoms with E-state index in [-0.39, 0.29) is 6.10 Å². The van der Waals surface area contributed by atoms with Crippen LogP contribution in [0.25, 0.3) is 10.8 Å². The van der Waals surface area contributed by atoms with Gasteiger partial charge in [0, 0.05) is 9.86 Å². The normalized spacial score (nSPS) is 10.8. The number of halogens is 1. The molecule has 0 radical (unpaired) electrons. The van der Waals surface area contributed by atoms with Crippen molar-refractivity contribution >= 4 is 32.7 Å². The molecule has 0 N–H and O–H groups in total. The van der Waals surface area contributed by atoms with Gasteiger partial charge in [-0.05, 0) is 43.5 Å². The van der Waals surface area contributed by atoms with Crippen LogP contribution in [0, 0.1) is 0 Å². The molecule has 0 atom stereocenters. The minimum absolute atomic E-state index is 0.0321. The summed E-state index contributed by atoms with van der Waals surface area (Å²) in [5, 5.41) is 1.92. The zero-order valence-electron chi connectivity index (χ0n) is 13.5. The third kappa shape index (κ3) is 3.60. The highest BCUT2D eigenvalue weighted by Gasteiger charge is 2.17. The number of carbonyl (C=O) groups is 1. The molecule has 0 heterocycles. The van der Waals surface area contributed by atoms with Gasteiger partial charge in [0.05, 0.1) is 6.10 Å². The predicted octanol–water partition coefficient (Wildman–Crippen LogP) is 5.61. The Bertz CT molecular complexity index is 882. The number of benzene rings is 3. The first-order chi connectivity index (χ1) is 11.5. The van der Waals surface area contributed by atoms with Crippen molar-refractivity contribution in [1.29, 1.82) is 0 Å². The lowest BCUT2D eigenvalue weighted by molar-refractivity contribution is 0.0730. The third-order valence-electron chi connectivity index (χ3n) is 3.48. The van der Waals surface area contributed by atoms with E-state index in [0.717, 1.165) is 15.2 Å². The second-order valence-electron chi connectivity index (χ2n) is 5.67. The highest BCUT2D eigenvalue weighted by molar-refractivity contribution is 9.10. The minimum Gasteiger partial charge on any atom is -0.490 e. The molecule has 0 aromatic heterocycles. The molecule has 122 valence electrons. The van der Waals surface area contributed by atoms with E-state index in [1.54, 1.807) is 18.2 Å². The van der Waals surface area contributed by atoms with Crippen LogP contribution in [0.15, 0.2) is 65.1 Å². The summed E-state index contributed by atoms with van der Waals surface area (Å²) in [7, 11) is 0. The molecule has 3 aromatic carbocycles. The number of esters is 1. The molecule has 0 amide bonds. The Kier molecular flexibility index (Phi) is 4.86. The van der Waals surface area contributed by atoms with Gasteiger partial charge in [-0.2, -0.15) is 0 Å². The van der Waals surface area contributed by atoms with Crippen LogP contribution in [0.3, 0.4) is 0 Å². The monoisotopic (exact) mass is 384 g/mol. The molecule has 0 spiro atoms. The summed E-state index contributed by atoms with van der Waals surface area (Å²) >= 11 is 3.39. The summed E-state index contributed by atoms with van der Waals surface area (Å²) in [5.74, 6) is 0.607. The van der Waals surface area contributed by atoms with Gasteiger partial charge in [0.2, 0.25) is 0 Å². The first-order valence-electron chi connectivity index (χ1n) is 7.71. The molecule has 0 aliphatic rings. The van der Waals surface area contributed by atoms with Crippen molar-refractivity contribution in [3.05, 3.63) is 70.7 Å². The van der Waals surface area contributed by atoms with Gasteiger partial charge in [0.25, 0.3) is 0 Å². The standard InChI is InChI=1S/C20H17BrO3/c1-13(2)23-19-11-10-15(21)12-17(19)20(22)24-18-9-5-7-14-6-3-4-8-16(14)18/h3-13H,1-2H3. The van der Waals surface area contributed by atoms with Gasteiger partial charge in [-0.15, -0.1) is 0 Å². The van der Waals surface area contributed by atoms with E-state index in [9.17, 15) is 4.79 Å². The van der Waals surface area contributed by atoms with E-state index < -0.39 is 5.97 Å². The number of ether oxygens (including phenoxy) is 2. The molecule has 0 aliphatic carbocycles. The van der Waals surface area contributed by atoms with Crippen molar-refractivity contribution in [3.8, 4) is 11.5 Å². The molecule has 24 heavy (non-hydrogen) atoms. The summed E-state index contributed by atoms with van der Waals surface area (Å²) in [4.78, 5) is 12.7. The van der Waals surface area contributed by atoms with Crippen LogP contribution < -0.4 is 9.47 Å². The molecule has 0 saturated heterocycles. The summed E-state index contributed by atoms with van der Waals surface area (Å²) < 4.78 is 12.2. The van der Waals surface area contributed by atoms with Crippen LogP contribution in [0.5, 0.6) is 11.5 Å². The largest absolute Gasteiger partial charge is 0.490 e. The molecular weight excluding hydrogens is 368 g/mol. The summed E-state index contributed by atoms with van der Waals surface area (Å²) in [5.41, 5.74) is 0.394. The van der Waals surface area contributed by atoms with Crippen molar-refractivity contribution in [1.82, 2.24) is 0 Å². The topological polar surface area (TPSA) is 35.5 Å². The Morgan fingerprint density at radius 2 is 1.71 bits per heavy atom. The fourth-order valence-corrected chi connectivity index (χ4v) is 2.82. The van der Waals surface area contributed by atoms with Gasteiger partial charge >= 0.3 is 5.97 Å². The Balaban J connectivity index is 1.96. The van der Waals surface area contributed by atoms with Crippen LogP contribution in [-0.2, 0) is 0 Å². The summed E-state index contributed by atoms with van der Waals surface area (Å²) in [6, 6.07) is 18.8. The second kappa shape index (κ2) is 7.05. The molecule has 4 heteroatoms. The number of hydrogen-bond donors (Lipinski definition) is 0. The molecule has 0 unspecified atom stereocenters. The molecule has 3 rings (SSSR count). The van der Waals surface area contributed by atoms with Gasteiger partial charge in [0.1, 0.15) is 17.1 Å². The zero-order valence-corrected chi connectivity index (χ0v) is 15.0. The van der Waals surface area contributed by atoms with Gasteiger partial charge < -0.3 is 9.47 Å². The second-order valence-corrected chi connectivity index (χ2v) is 6.59. The van der Waals surface area contributed by atoms with Gasteiger partial charge in [-0.1, -0.05) is 52.3 Å². The fraction of sp³-hybridized carbons (Fsp3) is 0.150. The lowest BCUT2D eigenvalue weighted by atomic mass is 10.1. The van der Waals surface area contributed by atoms with E-state index in [1.165, 1.54) is 0 Å². The minimum atomic E-state index is -0.441. The number of rotatable bonds is 4. The van der Waals surface area contributed by atoms with Crippen molar-refractivity contribution in [3.63, 3.8) is 0 Å². The Morgan fingerprint density at radius 1 is 0.958 bits per heavy atom. The molecule has 3 nitrogen and oxygen atoms in total. The average Bonchev–Trinajstić information content (AvgIpc) is 2.56. The van der Waals surface area contributed by atoms with Crippen molar-refractivity contribution < 1.29 is 14.3 Å². The maximum Gasteiger partial charge on any atom is 0.347 e. The summed E-state index contributed by atoms with van der Waals surface area (Å²) in [6.45, 7) is 3.84. The van der Waals surface area contributed by atoms with Crippen molar-refractivity contribution in [2.75, 3.05) is 0 Å². The fourth-order valence-electron chi connectivity index (χ4n) is 2.46. The molecular formula is C20H17BrO3. The SMILES string of the molecule is CC(C)Oc1ccc(Br)cc1C(=O)Oc1cccc2ccccc12. The average molecular weight is 385 g/mol. The Morgan fingerprint density at radius 3 is 2.50 bits per heavy atom. The van der Waals surface area contributed by atoms with Crippen LogP contribution in [0.2, 0.25) is 0 Å². The van der Waals surface area contributed by atoms with E-state index in [4.69, 9.17) is 9.47 Å². The first kappa shape index (κ1) is 16.5. The number of fused-ring (bicyclic) bond motifs is 1. The van der Waals surface area contributed by atoms with E-state index in [1.807, 2.05) is 56.3 Å². The van der Waals surface area contributed by atoms with E-state index in [2.05, 4.69) is 15.9 Å². The van der Waals surface area contributed by atoms with Crippen LogP contribution >= 0.6 is 15.9 Å². The van der Waals surface area contributed by atoms with Gasteiger partial charge in [0.15, 0.2) is 0 Å². The molecule has 0 fully saturated rings. The van der Waals surface area contributed by atoms with Crippen LogP contribution in [-0.4, -0.2) is 12.1 Å². The number of hydrogen-bond acceptors (Lipinski definition) is 3. The number of carbonyl (C=O) groups excluding carboxylic acids is 1. The Hall–Kier alpha value is -2.33. The maximum atomic E-state index is 12.7. The predicted molar refractivity (Wildman–Crippen MR) is 98.8 cm³/mol. The molecule has 0 aliphatic heterocycles. The Labute approximate surface area is 149 Å². The third-order valence-corrected chi connectivity index (χ3v) is 3.97. The van der Waals surface area contributed by atoms with Gasteiger partial charge in [-0.3, -0.25) is 0 Å². The zero-order chi connectivity index (χ0) is 17.1. The van der Waals surface area contributed by atoms with Gasteiger partial charge in [-0.25, -0.2) is 4.79 Å². The van der Waals surface area contributed by atoms with E-state index in [0.29, 0.717) is 17.1 Å². The van der Waals surface area contributed by atoms with E-state index >= 15 is 0 Å². The quantitative estimate of drug-likeness (QED) is 0.433. The molecule has 3 aromatic rings. The first-order valence-corrected chi connectivity index (χ1v) is 8.50. The molecule has 0 bridgehead atoms. The summed E-state index contributed by atoms with van der Waals surface area (Å²) in [6.07, 6.45) is -0.0321. The highest BCUT2D eigenvalue weighted by Crippen LogP contribution is 2.29. The lowest BCUT2D eigenvalue weighted by Crippen LogP contribution is -2.14. The highest BCUT2D eigenvalue weighted by atomic mass is 79.9. The van der Waals surface area contributed by atoms with Crippen molar-refractivity contribution in [2.24, 2.45) is 0 Å². The lowest BCUT2D eigenvalue weighted by Gasteiger charge is -2.14. The molecule has 0 saturated carbocycles. The smallest absolute Gasteiger partial charge is 0.347 e.